The molecule has 2 rings (SSSR count). The highest BCUT2D eigenvalue weighted by Crippen LogP contribution is 2.31. The van der Waals surface area contributed by atoms with Crippen LogP contribution in [0.5, 0.6) is 0 Å². The van der Waals surface area contributed by atoms with Gasteiger partial charge in [0.25, 0.3) is 0 Å². The summed E-state index contributed by atoms with van der Waals surface area (Å²) >= 11 is 0. The lowest BCUT2D eigenvalue weighted by atomic mass is 10.1. The lowest BCUT2D eigenvalue weighted by molar-refractivity contribution is 0.315. The Bertz CT molecular complexity index is 328. The molecule has 0 aromatic heterocycles. The molecule has 4 nitrogen and oxygen atoms in total. The summed E-state index contributed by atoms with van der Waals surface area (Å²) in [5.74, 6) is 2.36. The van der Waals surface area contributed by atoms with E-state index < -0.39 is 0 Å². The first-order chi connectivity index (χ1) is 9.60. The first kappa shape index (κ1) is 19.0. The Kier molecular flexibility index (Phi) is 8.31. The molecule has 0 aromatic rings. The summed E-state index contributed by atoms with van der Waals surface area (Å²) in [4.78, 5) is 7.46. The minimum absolute atomic E-state index is 0. The van der Waals surface area contributed by atoms with E-state index >= 15 is 0 Å². The molecule has 2 atom stereocenters. The number of nitrogens with zero attached hydrogens (tertiary/aromatic N) is 2. The van der Waals surface area contributed by atoms with Gasteiger partial charge in [-0.15, -0.1) is 24.0 Å². The third kappa shape index (κ3) is 6.30. The average molecular weight is 408 g/mol. The first-order valence-corrected chi connectivity index (χ1v) is 8.39. The monoisotopic (exact) mass is 408 g/mol. The fraction of sp³-hybridized carbons (Fsp3) is 0.938. The number of nitrogens with one attached hydrogen (secondary N) is 2. The van der Waals surface area contributed by atoms with Crippen LogP contribution in [0, 0.1) is 11.8 Å². The van der Waals surface area contributed by atoms with Gasteiger partial charge in [-0.3, -0.25) is 4.99 Å². The molecule has 124 valence electrons. The van der Waals surface area contributed by atoms with Gasteiger partial charge in [0, 0.05) is 31.7 Å². The Morgan fingerprint density at radius 2 is 1.95 bits per heavy atom. The number of halogens is 1. The standard InChI is InChI=1S/C16H32N4.HI/c1-5-17-16(19-13(4)12(2)3)18-10-14-8-9-20(11-14)15-6-7-15;/h12-15H,5-11H2,1-4H3,(H2,17,18,19);1H. The van der Waals surface area contributed by atoms with E-state index in [9.17, 15) is 0 Å². The molecule has 0 bridgehead atoms. The predicted octanol–water partition coefficient (Wildman–Crippen LogP) is 2.69. The van der Waals surface area contributed by atoms with Crippen LogP contribution in [0.1, 0.15) is 47.0 Å². The van der Waals surface area contributed by atoms with Gasteiger partial charge in [0.15, 0.2) is 5.96 Å². The van der Waals surface area contributed by atoms with E-state index in [0.29, 0.717) is 12.0 Å². The number of hydrogen-bond donors (Lipinski definition) is 2. The number of rotatable bonds is 6. The molecule has 21 heavy (non-hydrogen) atoms. The van der Waals surface area contributed by atoms with Crippen LogP contribution < -0.4 is 10.6 Å². The van der Waals surface area contributed by atoms with Crippen LogP contribution in [0.15, 0.2) is 4.99 Å². The van der Waals surface area contributed by atoms with E-state index in [1.54, 1.807) is 0 Å². The molecule has 2 aliphatic rings. The van der Waals surface area contributed by atoms with Gasteiger partial charge in [-0.2, -0.15) is 0 Å². The molecule has 2 N–H and O–H groups in total. The van der Waals surface area contributed by atoms with E-state index in [4.69, 9.17) is 4.99 Å². The number of guanidine groups is 1. The molecule has 0 amide bonds. The highest BCUT2D eigenvalue weighted by atomic mass is 127. The largest absolute Gasteiger partial charge is 0.357 e. The Morgan fingerprint density at radius 1 is 1.24 bits per heavy atom. The van der Waals surface area contributed by atoms with E-state index in [1.807, 2.05) is 0 Å². The van der Waals surface area contributed by atoms with Crippen molar-refractivity contribution >= 4 is 29.9 Å². The molecule has 0 aromatic carbocycles. The minimum atomic E-state index is 0. The molecule has 5 heteroatoms. The van der Waals surface area contributed by atoms with Crippen LogP contribution in [0.3, 0.4) is 0 Å². The summed E-state index contributed by atoms with van der Waals surface area (Å²) in [5.41, 5.74) is 0. The Labute approximate surface area is 147 Å². The molecular weight excluding hydrogens is 375 g/mol. The van der Waals surface area contributed by atoms with Crippen LogP contribution in [-0.2, 0) is 0 Å². The highest BCUT2D eigenvalue weighted by Gasteiger charge is 2.34. The number of aliphatic imine (C=N–C) groups is 1. The second kappa shape index (κ2) is 9.18. The van der Waals surface area contributed by atoms with Gasteiger partial charge in [0.1, 0.15) is 0 Å². The van der Waals surface area contributed by atoms with E-state index in [1.165, 1.54) is 32.4 Å². The Morgan fingerprint density at radius 3 is 2.52 bits per heavy atom. The van der Waals surface area contributed by atoms with Crippen LogP contribution in [0.2, 0.25) is 0 Å². The fourth-order valence-electron chi connectivity index (χ4n) is 2.71. The van der Waals surface area contributed by atoms with Crippen molar-refractivity contribution in [3.8, 4) is 0 Å². The van der Waals surface area contributed by atoms with Crippen molar-refractivity contribution in [3.63, 3.8) is 0 Å². The molecule has 1 aliphatic heterocycles. The van der Waals surface area contributed by atoms with Crippen LogP contribution >= 0.6 is 24.0 Å². The zero-order valence-corrected chi connectivity index (χ0v) is 16.4. The lowest BCUT2D eigenvalue weighted by Gasteiger charge is -2.21. The molecule has 1 saturated carbocycles. The number of likely N-dealkylation sites (tertiary alicyclic amines) is 1. The smallest absolute Gasteiger partial charge is 0.191 e. The number of hydrogen-bond acceptors (Lipinski definition) is 2. The average Bonchev–Trinajstić information content (AvgIpc) is 3.15. The third-order valence-corrected chi connectivity index (χ3v) is 4.60. The van der Waals surface area contributed by atoms with Gasteiger partial charge in [0.05, 0.1) is 0 Å². The molecule has 0 spiro atoms. The van der Waals surface area contributed by atoms with E-state index in [0.717, 1.165) is 31.0 Å². The van der Waals surface area contributed by atoms with Gasteiger partial charge in [0.2, 0.25) is 0 Å². The van der Waals surface area contributed by atoms with E-state index in [2.05, 4.69) is 43.2 Å². The summed E-state index contributed by atoms with van der Waals surface area (Å²) < 4.78 is 0. The normalized spacial score (nSPS) is 24.8. The summed E-state index contributed by atoms with van der Waals surface area (Å²) in [5, 5.41) is 6.88. The second-order valence-corrected chi connectivity index (χ2v) is 6.78. The molecule has 0 radical (unpaired) electrons. The maximum absolute atomic E-state index is 4.80. The zero-order valence-electron chi connectivity index (χ0n) is 14.1. The van der Waals surface area contributed by atoms with Crippen molar-refractivity contribution in [3.05, 3.63) is 0 Å². The van der Waals surface area contributed by atoms with Crippen molar-refractivity contribution in [1.82, 2.24) is 15.5 Å². The second-order valence-electron chi connectivity index (χ2n) is 6.78. The van der Waals surface area contributed by atoms with Gasteiger partial charge in [-0.25, -0.2) is 0 Å². The molecule has 1 aliphatic carbocycles. The molecule has 1 heterocycles. The third-order valence-electron chi connectivity index (χ3n) is 4.60. The van der Waals surface area contributed by atoms with Gasteiger partial charge >= 0.3 is 0 Å². The van der Waals surface area contributed by atoms with Crippen molar-refractivity contribution in [2.45, 2.75) is 59.0 Å². The van der Waals surface area contributed by atoms with Crippen molar-refractivity contribution < 1.29 is 0 Å². The Hall–Kier alpha value is -0.0400. The summed E-state index contributed by atoms with van der Waals surface area (Å²) in [6.07, 6.45) is 4.16. The first-order valence-electron chi connectivity index (χ1n) is 8.39. The minimum Gasteiger partial charge on any atom is -0.357 e. The molecule has 2 unspecified atom stereocenters. The van der Waals surface area contributed by atoms with Gasteiger partial charge in [-0.1, -0.05) is 13.8 Å². The maximum atomic E-state index is 4.80. The maximum Gasteiger partial charge on any atom is 0.191 e. The topological polar surface area (TPSA) is 39.7 Å². The van der Waals surface area contributed by atoms with Crippen LogP contribution in [-0.4, -0.2) is 49.1 Å². The summed E-state index contributed by atoms with van der Waals surface area (Å²) in [7, 11) is 0. The highest BCUT2D eigenvalue weighted by molar-refractivity contribution is 14.0. The van der Waals surface area contributed by atoms with E-state index in [-0.39, 0.29) is 24.0 Å². The zero-order chi connectivity index (χ0) is 14.5. The Balaban J connectivity index is 0.00000220. The molecule has 1 saturated heterocycles. The van der Waals surface area contributed by atoms with Gasteiger partial charge < -0.3 is 15.5 Å². The SMILES string of the molecule is CCNC(=NCC1CCN(C2CC2)C1)NC(C)C(C)C.I. The quantitative estimate of drug-likeness (QED) is 0.403. The van der Waals surface area contributed by atoms with Crippen molar-refractivity contribution in [2.24, 2.45) is 16.8 Å². The van der Waals surface area contributed by atoms with Crippen molar-refractivity contribution in [1.29, 1.82) is 0 Å². The molecular formula is C16H33IN4. The van der Waals surface area contributed by atoms with Crippen LogP contribution in [0.4, 0.5) is 0 Å². The fourth-order valence-corrected chi connectivity index (χ4v) is 2.71. The van der Waals surface area contributed by atoms with Crippen LogP contribution in [0.25, 0.3) is 0 Å². The molecule has 2 fully saturated rings. The predicted molar refractivity (Wildman–Crippen MR) is 102 cm³/mol. The summed E-state index contributed by atoms with van der Waals surface area (Å²) in [6, 6.07) is 1.37. The van der Waals surface area contributed by atoms with Gasteiger partial charge in [-0.05, 0) is 51.5 Å². The lowest BCUT2D eigenvalue weighted by Crippen LogP contribution is -2.44. The van der Waals surface area contributed by atoms with Crippen molar-refractivity contribution in [2.75, 3.05) is 26.2 Å². The summed E-state index contributed by atoms with van der Waals surface area (Å²) in [6.45, 7) is 13.3.